The maximum absolute atomic E-state index is 0. The summed E-state index contributed by atoms with van der Waals surface area (Å²) >= 11 is 0. The summed E-state index contributed by atoms with van der Waals surface area (Å²) in [6.45, 7) is 0. The van der Waals surface area contributed by atoms with Gasteiger partial charge in [0.2, 0.25) is 0 Å². The van der Waals surface area contributed by atoms with Gasteiger partial charge in [-0.25, -0.2) is 0 Å². The molecule has 0 bridgehead atoms. The first-order valence-corrected chi connectivity index (χ1v) is 0. The Balaban J connectivity index is 0. The van der Waals surface area contributed by atoms with E-state index in [4.69, 9.17) is 0 Å². The van der Waals surface area contributed by atoms with Gasteiger partial charge in [-0.3, -0.25) is 0 Å². The Hall–Kier alpha value is 5.78. The summed E-state index contributed by atoms with van der Waals surface area (Å²) in [6, 6.07) is 0. The standard InChI is InChI=1S/Ca.Cu.K.Li.Mg.Na.7H. The van der Waals surface area contributed by atoms with E-state index in [1.807, 2.05) is 0 Å². The molecule has 0 aromatic rings. The van der Waals surface area contributed by atoms with Gasteiger partial charge in [0, 0.05) is 17.1 Å². The number of rotatable bonds is 0. The molecule has 0 heterocycles. The van der Waals surface area contributed by atoms with Crippen molar-refractivity contribution in [2.24, 2.45) is 0 Å². The van der Waals surface area contributed by atoms with E-state index < -0.39 is 0 Å². The summed E-state index contributed by atoms with van der Waals surface area (Å²) in [7, 11) is 0. The van der Waals surface area contributed by atoms with Crippen molar-refractivity contribution in [1.29, 1.82) is 0 Å². The van der Waals surface area contributed by atoms with Crippen LogP contribution in [0.25, 0.3) is 0 Å². The van der Waals surface area contributed by atoms with Crippen LogP contribution in [0.1, 0.15) is 0 Å². The topological polar surface area (TPSA) is 0 Å². The average molecular weight is 204 g/mol. The van der Waals surface area contributed by atoms with Gasteiger partial charge in [-0.05, 0) is 0 Å². The van der Waals surface area contributed by atoms with Crippen molar-refractivity contribution in [3.8, 4) is 0 Å². The molecule has 1 radical (unpaired) electrons. The first-order chi connectivity index (χ1) is 0. The van der Waals surface area contributed by atoms with Crippen LogP contribution in [0.15, 0.2) is 0 Å². The predicted molar refractivity (Wildman–Crippen MR) is 38.5 cm³/mol. The quantitative estimate of drug-likeness (QED) is 0.355. The van der Waals surface area contributed by atoms with Gasteiger partial charge in [0.25, 0.3) is 0 Å². The summed E-state index contributed by atoms with van der Waals surface area (Å²) in [5.41, 5.74) is 0. The second kappa shape index (κ2) is 30.9. The molecule has 6 heteroatoms. The first-order valence-electron chi connectivity index (χ1n) is 0. The first kappa shape index (κ1) is 41.0. The van der Waals surface area contributed by atoms with Gasteiger partial charge in [-0.15, -0.1) is 0 Å². The molecule has 0 aliphatic heterocycles. The fourth-order valence-electron chi connectivity index (χ4n) is 0. The SMILES string of the molecule is [CaH2].[Cu].[KH].[LiH].[MgH2].[NaH]. The Morgan fingerprint density at radius 3 is 1.00 bits per heavy atom. The normalized spacial score (nSPS) is 0. The van der Waals surface area contributed by atoms with Crippen LogP contribution in [0, 0.1) is 0 Å². The predicted octanol–water partition coefficient (Wildman–Crippen LogP) is -3.78. The second-order valence-electron chi connectivity index (χ2n) is 0. The molecule has 0 aliphatic carbocycles. The molecule has 0 N–H and O–H groups in total. The van der Waals surface area contributed by atoms with E-state index in [1.54, 1.807) is 0 Å². The molecule has 0 rings (SSSR count). The molecular weight excluding hydrogens is 197 g/mol. The molecule has 25 valence electrons. The van der Waals surface area contributed by atoms with Crippen molar-refractivity contribution in [1.82, 2.24) is 0 Å². The van der Waals surface area contributed by atoms with Crippen molar-refractivity contribution < 1.29 is 17.1 Å². The molecule has 0 aromatic carbocycles. The molecule has 0 atom stereocenters. The minimum atomic E-state index is 0. The van der Waals surface area contributed by atoms with Gasteiger partial charge in [0.05, 0.1) is 0 Å². The van der Waals surface area contributed by atoms with Crippen molar-refractivity contribution >= 4 is 161 Å². The second-order valence-corrected chi connectivity index (χ2v) is 0. The van der Waals surface area contributed by atoms with Crippen LogP contribution in [-0.4, -0.2) is 161 Å². The Morgan fingerprint density at radius 2 is 1.00 bits per heavy atom. The molecule has 0 fully saturated rings. The monoisotopic (exact) mass is 203 g/mol. The maximum atomic E-state index is 0. The minimum absolute atomic E-state index is 0. The van der Waals surface area contributed by atoms with Gasteiger partial charge in [0.15, 0.2) is 0 Å². The average Bonchev–Trinajstić information content (AvgIpc) is 0. The van der Waals surface area contributed by atoms with E-state index in [0.717, 1.165) is 0 Å². The molecule has 0 amide bonds. The van der Waals surface area contributed by atoms with Crippen LogP contribution >= 0.6 is 0 Å². The van der Waals surface area contributed by atoms with Gasteiger partial charge in [-0.1, -0.05) is 0 Å². The van der Waals surface area contributed by atoms with E-state index in [-0.39, 0.29) is 178 Å². The van der Waals surface area contributed by atoms with Crippen LogP contribution in [0.2, 0.25) is 0 Å². The molecule has 6 heavy (non-hydrogen) atoms. The van der Waals surface area contributed by atoms with Crippen LogP contribution < -0.4 is 0 Å². The fraction of sp³-hybridized carbons (Fsp3) is 0. The Bertz CT molecular complexity index is 15.5. The molecular formula is H7CaCuKLiMgNa. The zero-order valence-corrected chi connectivity index (χ0v) is 1.24. The molecule has 0 saturated carbocycles. The Kier molecular flexibility index (Phi) is 211. The van der Waals surface area contributed by atoms with Crippen molar-refractivity contribution in [2.45, 2.75) is 0 Å². The van der Waals surface area contributed by atoms with Gasteiger partial charge < -0.3 is 0 Å². The van der Waals surface area contributed by atoms with Gasteiger partial charge in [-0.2, -0.15) is 0 Å². The van der Waals surface area contributed by atoms with E-state index in [1.165, 1.54) is 0 Å². The Labute approximate surface area is 172 Å². The van der Waals surface area contributed by atoms with Crippen LogP contribution in [0.4, 0.5) is 0 Å². The third-order valence-corrected chi connectivity index (χ3v) is 0. The third-order valence-electron chi connectivity index (χ3n) is 0. The summed E-state index contributed by atoms with van der Waals surface area (Å²) in [5.74, 6) is 0. The fourth-order valence-corrected chi connectivity index (χ4v) is 0. The molecule has 0 aromatic heterocycles. The zero-order chi connectivity index (χ0) is 0. The van der Waals surface area contributed by atoms with E-state index in [2.05, 4.69) is 0 Å². The van der Waals surface area contributed by atoms with Gasteiger partial charge >= 0.3 is 161 Å². The van der Waals surface area contributed by atoms with Crippen molar-refractivity contribution in [3.63, 3.8) is 0 Å². The van der Waals surface area contributed by atoms with Crippen LogP contribution in [0.3, 0.4) is 0 Å². The molecule has 0 spiro atoms. The molecule has 0 saturated heterocycles. The number of hydrogen-bond donors (Lipinski definition) is 0. The van der Waals surface area contributed by atoms with E-state index >= 15 is 0 Å². The summed E-state index contributed by atoms with van der Waals surface area (Å²) in [6.07, 6.45) is 0. The third kappa shape index (κ3) is 22.6. The summed E-state index contributed by atoms with van der Waals surface area (Å²) in [4.78, 5) is 0. The summed E-state index contributed by atoms with van der Waals surface area (Å²) < 4.78 is 0. The van der Waals surface area contributed by atoms with Crippen molar-refractivity contribution in [3.05, 3.63) is 0 Å². The molecule has 0 unspecified atom stereocenters. The van der Waals surface area contributed by atoms with E-state index in [0.29, 0.717) is 0 Å². The Morgan fingerprint density at radius 1 is 1.00 bits per heavy atom. The van der Waals surface area contributed by atoms with Crippen LogP contribution in [-0.2, 0) is 17.1 Å². The molecule has 0 nitrogen and oxygen atoms in total. The van der Waals surface area contributed by atoms with Crippen LogP contribution in [0.5, 0.6) is 0 Å². The van der Waals surface area contributed by atoms with Gasteiger partial charge in [0.1, 0.15) is 0 Å². The molecule has 0 aliphatic rings. The van der Waals surface area contributed by atoms with Crippen molar-refractivity contribution in [2.75, 3.05) is 0 Å². The van der Waals surface area contributed by atoms with E-state index in [9.17, 15) is 0 Å². The summed E-state index contributed by atoms with van der Waals surface area (Å²) in [5, 5.41) is 0. The number of hydrogen-bond acceptors (Lipinski definition) is 0. The zero-order valence-electron chi connectivity index (χ0n) is 0.302.